The molecule has 0 aliphatic heterocycles. The van der Waals surface area contributed by atoms with Gasteiger partial charge in [0, 0.05) is 139 Å². The van der Waals surface area contributed by atoms with Crippen molar-refractivity contribution >= 4 is 80.4 Å². The van der Waals surface area contributed by atoms with Crippen LogP contribution in [0.15, 0.2) is 152 Å². The molecule has 4 aliphatic rings. The molecule has 0 unspecified atom stereocenters. The summed E-state index contributed by atoms with van der Waals surface area (Å²) >= 11 is 0. The van der Waals surface area contributed by atoms with Crippen LogP contribution in [0.4, 0.5) is 34.1 Å². The second kappa shape index (κ2) is 36.2. The fourth-order valence-corrected chi connectivity index (χ4v) is 12.6. The van der Waals surface area contributed by atoms with Gasteiger partial charge in [0.15, 0.2) is 46.3 Å². The van der Waals surface area contributed by atoms with Crippen LogP contribution in [-0.2, 0) is 14.3 Å². The van der Waals surface area contributed by atoms with Crippen molar-refractivity contribution in [3.05, 3.63) is 241 Å². The molecule has 4 aliphatic carbocycles. The molecule has 12 rings (SSSR count). The molecule has 22 nitrogen and oxygen atoms in total. The largest absolute Gasteiger partial charge is 0.493 e. The number of carbonyl (C=O) groups excluding carboxylic acids is 8. The summed E-state index contributed by atoms with van der Waals surface area (Å²) in [5, 5.41) is 42.3. The molecule has 0 radical (unpaired) electrons. The summed E-state index contributed by atoms with van der Waals surface area (Å²) in [6.45, 7) is 10.9. The van der Waals surface area contributed by atoms with E-state index in [0.717, 1.165) is 31.5 Å². The van der Waals surface area contributed by atoms with Crippen molar-refractivity contribution in [2.45, 2.75) is 40.0 Å². The van der Waals surface area contributed by atoms with E-state index in [1.54, 1.807) is 139 Å². The Labute approximate surface area is 592 Å². The lowest BCUT2D eigenvalue weighted by Gasteiger charge is -2.28. The number of rotatable bonds is 28. The van der Waals surface area contributed by atoms with Gasteiger partial charge in [0.1, 0.15) is 5.75 Å². The smallest absolute Gasteiger partial charge is 0.198 e. The highest BCUT2D eigenvalue weighted by molar-refractivity contribution is 6.34. The average molecular weight is 1390 g/mol. The molecular formula is C80H86N6O16. The molecule has 22 heteroatoms. The normalized spacial score (nSPS) is 12.6. The number of carbonyl (C=O) groups is 8. The molecule has 0 saturated carbocycles. The van der Waals surface area contributed by atoms with Gasteiger partial charge in [-0.3, -0.25) is 48.7 Å². The molecular weight excluding hydrogens is 1300 g/mol. The van der Waals surface area contributed by atoms with Crippen molar-refractivity contribution in [3.63, 3.8) is 0 Å². The van der Waals surface area contributed by atoms with Crippen LogP contribution < -0.4 is 35.6 Å². The van der Waals surface area contributed by atoms with E-state index in [2.05, 4.69) is 23.0 Å². The van der Waals surface area contributed by atoms with Gasteiger partial charge in [0.05, 0.1) is 104 Å². The summed E-state index contributed by atoms with van der Waals surface area (Å²) in [7, 11) is 5.55. The monoisotopic (exact) mass is 1390 g/mol. The maximum atomic E-state index is 13.3. The summed E-state index contributed by atoms with van der Waals surface area (Å²) in [5.74, 6) is -0.945. The van der Waals surface area contributed by atoms with E-state index in [-0.39, 0.29) is 91.5 Å². The first kappa shape index (κ1) is 75.6. The standard InChI is InChI=1S/C23H28N2O5.C21H24N2O3.C19H19NO5.C17H15NO3/c1-2-12-29-13-9-24-18-7-3-5-16-20(18)22(27)17-6-4-8-19(21(17)23(16)28)25-10-14-30-15-11-26;1-4-11-22(2)16-9-5-7-14-18(16)20(25)15-8-6-10-17(19(15)21(14)26)23(3)12-13-24;1-2-10-24-15-8-4-6-13-17(15)19(23)12-5-3-7-14(16(12)18(13)22)20-25-11-9-21;1-18(9-10-19)14-8-4-7-13-15(14)17(21)12-6-3-2-5-11(12)16(13)20/h3-8,24-26H,2,9-15H2,1H3;5-10,24H,4,11-13H2,1-3H3;3-8,20-21H,2,9-11H2,1H3;2-8,19H,9-10H2,1H3. The lowest BCUT2D eigenvalue weighted by molar-refractivity contribution is 0.0974. The average Bonchev–Trinajstić information content (AvgIpc) is 0.721. The van der Waals surface area contributed by atoms with E-state index in [1.165, 1.54) is 0 Å². The topological polar surface area (TPSA) is 300 Å². The van der Waals surface area contributed by atoms with E-state index < -0.39 is 0 Å². The highest BCUT2D eigenvalue weighted by atomic mass is 16.6. The summed E-state index contributed by atoms with van der Waals surface area (Å²) in [5.41, 5.74) is 12.8. The van der Waals surface area contributed by atoms with Crippen LogP contribution in [0.5, 0.6) is 5.75 Å². The third-order valence-electron chi connectivity index (χ3n) is 17.3. The molecule has 0 amide bonds. The molecule has 0 bridgehead atoms. The zero-order chi connectivity index (χ0) is 73.0. The second-order valence-corrected chi connectivity index (χ2v) is 24.2. The number of anilines is 6. The molecule has 102 heavy (non-hydrogen) atoms. The van der Waals surface area contributed by atoms with E-state index in [1.807, 2.05) is 62.0 Å². The molecule has 7 N–H and O–H groups in total. The minimum Gasteiger partial charge on any atom is -0.493 e. The SMILES string of the molecule is CCCN(C)c1cccc2c1C(=O)c1cccc(N(C)CCO)c1C2=O.CCCOCCNc1cccc2c1C(=O)c1cccc(NCCOCCO)c1C2=O.CCCOc1cccc2c1C(=O)c1cccc(NOCCO)c1C2=O.CN(CCO)c1cccc2c1C(=O)c1ccccc1C2=O. The molecule has 0 saturated heterocycles. The molecule has 532 valence electrons. The van der Waals surface area contributed by atoms with Gasteiger partial charge < -0.3 is 60.0 Å². The van der Waals surface area contributed by atoms with Crippen LogP contribution in [0, 0.1) is 0 Å². The van der Waals surface area contributed by atoms with Crippen molar-refractivity contribution in [2.75, 3.05) is 151 Å². The van der Waals surface area contributed by atoms with Gasteiger partial charge in [-0.15, -0.1) is 0 Å². The van der Waals surface area contributed by atoms with Gasteiger partial charge in [0.2, 0.25) is 0 Å². The van der Waals surface area contributed by atoms with Crippen LogP contribution in [0.2, 0.25) is 0 Å². The first-order valence-corrected chi connectivity index (χ1v) is 34.1. The number of hydrogen-bond acceptors (Lipinski definition) is 22. The summed E-state index contributed by atoms with van der Waals surface area (Å²) in [4.78, 5) is 115. The number of ketones is 8. The van der Waals surface area contributed by atoms with Crippen LogP contribution in [0.25, 0.3) is 0 Å². The van der Waals surface area contributed by atoms with Crippen molar-refractivity contribution in [1.82, 2.24) is 0 Å². The molecule has 8 aromatic rings. The molecule has 0 heterocycles. The molecule has 8 aromatic carbocycles. The maximum absolute atomic E-state index is 13.3. The quantitative estimate of drug-likeness (QED) is 0.0177. The minimum atomic E-state index is -0.262. The zero-order valence-corrected chi connectivity index (χ0v) is 58.2. The first-order valence-electron chi connectivity index (χ1n) is 34.1. The predicted octanol–water partition coefficient (Wildman–Crippen LogP) is 9.94. The Balaban J connectivity index is 0.000000159. The third kappa shape index (κ3) is 16.4. The highest BCUT2D eigenvalue weighted by Crippen LogP contribution is 2.41. The fraction of sp³-hybridized carbons (Fsp3) is 0.300. The van der Waals surface area contributed by atoms with E-state index >= 15 is 0 Å². The Morgan fingerprint density at radius 1 is 0.314 bits per heavy atom. The number of fused-ring (bicyclic) bond motifs is 8. The van der Waals surface area contributed by atoms with E-state index in [9.17, 15) is 43.5 Å². The maximum Gasteiger partial charge on any atom is 0.198 e. The summed E-state index contributed by atoms with van der Waals surface area (Å²) in [6, 6.07) is 43.4. The Morgan fingerprint density at radius 3 is 1.10 bits per heavy atom. The number of hydrogen-bond donors (Lipinski definition) is 7. The van der Waals surface area contributed by atoms with Crippen molar-refractivity contribution < 1.29 is 77.8 Å². The minimum absolute atomic E-state index is 0.0150. The molecule has 0 fully saturated rings. The number of ether oxygens (including phenoxy) is 3. The Kier molecular flexibility index (Phi) is 26.8. The van der Waals surface area contributed by atoms with Crippen molar-refractivity contribution in [3.8, 4) is 5.75 Å². The second-order valence-electron chi connectivity index (χ2n) is 24.2. The number of nitrogens with one attached hydrogen (secondary N) is 3. The summed E-state index contributed by atoms with van der Waals surface area (Å²) < 4.78 is 16.4. The highest BCUT2D eigenvalue weighted by Gasteiger charge is 2.38. The zero-order valence-electron chi connectivity index (χ0n) is 58.2. The third-order valence-corrected chi connectivity index (χ3v) is 17.3. The predicted molar refractivity (Wildman–Crippen MR) is 392 cm³/mol. The Hall–Kier alpha value is -10.6. The van der Waals surface area contributed by atoms with E-state index in [0.29, 0.717) is 170 Å². The van der Waals surface area contributed by atoms with Gasteiger partial charge in [-0.05, 0) is 61.7 Å². The molecule has 0 spiro atoms. The van der Waals surface area contributed by atoms with Crippen LogP contribution in [0.1, 0.15) is 167 Å². The number of aliphatic hydroxyl groups is 4. The number of nitrogens with zero attached hydrogens (tertiary/aromatic N) is 3. The Bertz CT molecular complexity index is 4270. The fourth-order valence-electron chi connectivity index (χ4n) is 12.6. The number of likely N-dealkylation sites (N-methyl/N-ethyl adjacent to an activating group) is 2. The van der Waals surface area contributed by atoms with Gasteiger partial charge >= 0.3 is 0 Å². The van der Waals surface area contributed by atoms with Gasteiger partial charge in [-0.2, -0.15) is 0 Å². The van der Waals surface area contributed by atoms with Gasteiger partial charge in [0.25, 0.3) is 0 Å². The Morgan fingerprint density at radius 2 is 0.657 bits per heavy atom. The lowest BCUT2D eigenvalue weighted by Crippen LogP contribution is -2.30. The number of aliphatic hydroxyl groups excluding tert-OH is 4. The summed E-state index contributed by atoms with van der Waals surface area (Å²) in [6.07, 6.45) is 2.71. The van der Waals surface area contributed by atoms with Crippen molar-refractivity contribution in [2.24, 2.45) is 0 Å². The molecule has 0 aromatic heterocycles. The molecule has 0 atom stereocenters. The van der Waals surface area contributed by atoms with Crippen LogP contribution >= 0.6 is 0 Å². The van der Waals surface area contributed by atoms with Crippen molar-refractivity contribution in [1.29, 1.82) is 0 Å². The van der Waals surface area contributed by atoms with Gasteiger partial charge in [-0.25, -0.2) is 0 Å². The van der Waals surface area contributed by atoms with Crippen LogP contribution in [-0.4, -0.2) is 187 Å². The van der Waals surface area contributed by atoms with Gasteiger partial charge in [-0.1, -0.05) is 130 Å². The van der Waals surface area contributed by atoms with E-state index in [4.69, 9.17) is 34.4 Å². The number of benzene rings is 8. The lowest BCUT2D eigenvalue weighted by atomic mass is 9.82. The first-order chi connectivity index (χ1) is 49.5. The van der Waals surface area contributed by atoms with Crippen LogP contribution in [0.3, 0.4) is 0 Å².